The number of carbonyl (C=O) groups excluding carboxylic acids is 1. The topological polar surface area (TPSA) is 60.5 Å². The first kappa shape index (κ1) is 17.9. The van der Waals surface area contributed by atoms with Crippen molar-refractivity contribution in [1.82, 2.24) is 4.98 Å². The van der Waals surface area contributed by atoms with E-state index in [2.05, 4.69) is 22.4 Å². The first-order valence-electron chi connectivity index (χ1n) is 8.12. The molecule has 6 heteroatoms. The van der Waals surface area contributed by atoms with Gasteiger partial charge in [0.1, 0.15) is 16.5 Å². The second-order valence-electron chi connectivity index (χ2n) is 5.80. The Kier molecular flexibility index (Phi) is 5.53. The molecule has 26 heavy (non-hydrogen) atoms. The second kappa shape index (κ2) is 8.01. The molecule has 2 aromatic carbocycles. The van der Waals surface area contributed by atoms with Gasteiger partial charge < -0.3 is 14.8 Å². The number of ether oxygens (including phenoxy) is 2. The highest BCUT2D eigenvalue weighted by atomic mass is 32.1. The molecule has 0 saturated heterocycles. The maximum atomic E-state index is 12.4. The van der Waals surface area contributed by atoms with E-state index >= 15 is 0 Å². The lowest BCUT2D eigenvalue weighted by molar-refractivity contribution is -0.115. The molecule has 0 aliphatic carbocycles. The Morgan fingerprint density at radius 1 is 1.12 bits per heavy atom. The Bertz CT molecular complexity index is 904. The highest BCUT2D eigenvalue weighted by Crippen LogP contribution is 2.29. The number of rotatable bonds is 6. The summed E-state index contributed by atoms with van der Waals surface area (Å²) < 4.78 is 10.5. The predicted octanol–water partition coefficient (Wildman–Crippen LogP) is 4.32. The monoisotopic (exact) mass is 368 g/mol. The number of aryl methyl sites for hydroxylation is 1. The quantitative estimate of drug-likeness (QED) is 0.704. The SMILES string of the molecule is COc1ccc(OC)c(NC(=O)Cc2csc(-c3ccc(C)cc3)n2)c1. The van der Waals surface area contributed by atoms with E-state index in [1.807, 2.05) is 24.4 Å². The van der Waals surface area contributed by atoms with Gasteiger partial charge in [-0.05, 0) is 19.1 Å². The fourth-order valence-electron chi connectivity index (χ4n) is 2.49. The third-order valence-corrected chi connectivity index (χ3v) is 4.81. The van der Waals surface area contributed by atoms with Gasteiger partial charge in [0.15, 0.2) is 0 Å². The van der Waals surface area contributed by atoms with Gasteiger partial charge in [-0.3, -0.25) is 4.79 Å². The zero-order chi connectivity index (χ0) is 18.5. The van der Waals surface area contributed by atoms with E-state index in [0.29, 0.717) is 17.2 Å². The fraction of sp³-hybridized carbons (Fsp3) is 0.200. The average molecular weight is 368 g/mol. The van der Waals surface area contributed by atoms with Crippen LogP contribution in [-0.4, -0.2) is 25.1 Å². The van der Waals surface area contributed by atoms with Crippen molar-refractivity contribution in [1.29, 1.82) is 0 Å². The van der Waals surface area contributed by atoms with E-state index in [1.165, 1.54) is 16.9 Å². The van der Waals surface area contributed by atoms with Crippen molar-refractivity contribution in [3.8, 4) is 22.1 Å². The molecule has 0 bridgehead atoms. The average Bonchev–Trinajstić information content (AvgIpc) is 3.10. The van der Waals surface area contributed by atoms with Crippen molar-refractivity contribution >= 4 is 22.9 Å². The Hall–Kier alpha value is -2.86. The van der Waals surface area contributed by atoms with Crippen LogP contribution in [0.2, 0.25) is 0 Å². The third-order valence-electron chi connectivity index (χ3n) is 3.87. The maximum absolute atomic E-state index is 12.4. The molecule has 3 aromatic rings. The van der Waals surface area contributed by atoms with Crippen LogP contribution in [0.3, 0.4) is 0 Å². The molecule has 1 heterocycles. The second-order valence-corrected chi connectivity index (χ2v) is 6.66. The summed E-state index contributed by atoms with van der Waals surface area (Å²) in [6.45, 7) is 2.05. The zero-order valence-electron chi connectivity index (χ0n) is 14.9. The van der Waals surface area contributed by atoms with Gasteiger partial charge in [-0.15, -0.1) is 11.3 Å². The van der Waals surface area contributed by atoms with E-state index in [4.69, 9.17) is 9.47 Å². The zero-order valence-corrected chi connectivity index (χ0v) is 15.7. The molecule has 0 atom stereocenters. The number of nitrogens with zero attached hydrogens (tertiary/aromatic N) is 1. The number of aromatic nitrogens is 1. The van der Waals surface area contributed by atoms with E-state index in [9.17, 15) is 4.79 Å². The lowest BCUT2D eigenvalue weighted by atomic mass is 10.2. The van der Waals surface area contributed by atoms with Gasteiger partial charge in [-0.1, -0.05) is 29.8 Å². The molecule has 0 radical (unpaired) electrons. The fourth-order valence-corrected chi connectivity index (χ4v) is 3.31. The number of hydrogen-bond donors (Lipinski definition) is 1. The molecule has 0 unspecified atom stereocenters. The molecule has 0 saturated carbocycles. The minimum Gasteiger partial charge on any atom is -0.497 e. The molecular formula is C20H20N2O3S. The minimum atomic E-state index is -0.155. The van der Waals surface area contributed by atoms with Crippen LogP contribution in [0.25, 0.3) is 10.6 Å². The van der Waals surface area contributed by atoms with Crippen LogP contribution >= 0.6 is 11.3 Å². The van der Waals surface area contributed by atoms with Gasteiger partial charge in [0.25, 0.3) is 0 Å². The van der Waals surface area contributed by atoms with Gasteiger partial charge in [0.05, 0.1) is 32.0 Å². The third kappa shape index (κ3) is 4.21. The molecule has 0 aliphatic rings. The minimum absolute atomic E-state index is 0.155. The highest BCUT2D eigenvalue weighted by molar-refractivity contribution is 7.13. The molecule has 1 N–H and O–H groups in total. The highest BCUT2D eigenvalue weighted by Gasteiger charge is 2.12. The predicted molar refractivity (Wildman–Crippen MR) is 104 cm³/mol. The number of carbonyl (C=O) groups is 1. The van der Waals surface area contributed by atoms with Gasteiger partial charge in [-0.2, -0.15) is 0 Å². The van der Waals surface area contributed by atoms with Crippen LogP contribution in [0, 0.1) is 6.92 Å². The summed E-state index contributed by atoms with van der Waals surface area (Å²) >= 11 is 1.53. The van der Waals surface area contributed by atoms with Crippen LogP contribution in [0.15, 0.2) is 47.8 Å². The summed E-state index contributed by atoms with van der Waals surface area (Å²) in [6, 6.07) is 13.5. The van der Waals surface area contributed by atoms with E-state index in [1.54, 1.807) is 32.4 Å². The summed E-state index contributed by atoms with van der Waals surface area (Å²) in [7, 11) is 3.14. The van der Waals surface area contributed by atoms with Crippen LogP contribution in [0.1, 0.15) is 11.3 Å². The first-order chi connectivity index (χ1) is 12.6. The first-order valence-corrected chi connectivity index (χ1v) is 9.00. The largest absolute Gasteiger partial charge is 0.497 e. The smallest absolute Gasteiger partial charge is 0.230 e. The molecule has 0 aliphatic heterocycles. The lowest BCUT2D eigenvalue weighted by Gasteiger charge is -2.11. The number of hydrogen-bond acceptors (Lipinski definition) is 5. The van der Waals surface area contributed by atoms with E-state index in [-0.39, 0.29) is 12.3 Å². The number of thiazole rings is 1. The molecule has 5 nitrogen and oxygen atoms in total. The number of amides is 1. The maximum Gasteiger partial charge on any atom is 0.230 e. The normalized spacial score (nSPS) is 10.4. The van der Waals surface area contributed by atoms with Gasteiger partial charge in [-0.25, -0.2) is 4.98 Å². The molecular weight excluding hydrogens is 348 g/mol. The van der Waals surface area contributed by atoms with Crippen molar-refractivity contribution in [3.05, 3.63) is 59.1 Å². The number of anilines is 1. The molecule has 1 aromatic heterocycles. The summed E-state index contributed by atoms with van der Waals surface area (Å²) in [5.41, 5.74) is 3.58. The van der Waals surface area contributed by atoms with Crippen LogP contribution < -0.4 is 14.8 Å². The van der Waals surface area contributed by atoms with Crippen LogP contribution in [0.4, 0.5) is 5.69 Å². The molecule has 0 fully saturated rings. The van der Waals surface area contributed by atoms with Gasteiger partial charge >= 0.3 is 0 Å². The number of benzene rings is 2. The Labute approximate surface area is 156 Å². The van der Waals surface area contributed by atoms with E-state index < -0.39 is 0 Å². The van der Waals surface area contributed by atoms with Gasteiger partial charge in [0.2, 0.25) is 5.91 Å². The Morgan fingerprint density at radius 2 is 1.88 bits per heavy atom. The van der Waals surface area contributed by atoms with Crippen molar-refractivity contribution in [2.24, 2.45) is 0 Å². The summed E-state index contributed by atoms with van der Waals surface area (Å²) in [5.74, 6) is 1.08. The molecule has 3 rings (SSSR count). The summed E-state index contributed by atoms with van der Waals surface area (Å²) in [5, 5.41) is 5.69. The van der Waals surface area contributed by atoms with Crippen LogP contribution in [0.5, 0.6) is 11.5 Å². The van der Waals surface area contributed by atoms with Crippen molar-refractivity contribution in [3.63, 3.8) is 0 Å². The van der Waals surface area contributed by atoms with Crippen molar-refractivity contribution < 1.29 is 14.3 Å². The Morgan fingerprint density at radius 3 is 2.58 bits per heavy atom. The van der Waals surface area contributed by atoms with Gasteiger partial charge in [0, 0.05) is 17.0 Å². The van der Waals surface area contributed by atoms with E-state index in [0.717, 1.165) is 16.3 Å². The molecule has 134 valence electrons. The van der Waals surface area contributed by atoms with Crippen LogP contribution in [-0.2, 0) is 11.2 Å². The van der Waals surface area contributed by atoms with Crippen molar-refractivity contribution in [2.75, 3.05) is 19.5 Å². The number of nitrogens with one attached hydrogen (secondary N) is 1. The Balaban J connectivity index is 1.70. The lowest BCUT2D eigenvalue weighted by Crippen LogP contribution is -2.15. The molecule has 0 spiro atoms. The van der Waals surface area contributed by atoms with Crippen molar-refractivity contribution in [2.45, 2.75) is 13.3 Å². The molecule has 1 amide bonds. The number of methoxy groups -OCH3 is 2. The summed E-state index contributed by atoms with van der Waals surface area (Å²) in [6.07, 6.45) is 0.197. The summed E-state index contributed by atoms with van der Waals surface area (Å²) in [4.78, 5) is 17.0. The standard InChI is InChI=1S/C20H20N2O3S/c1-13-4-6-14(7-5-13)20-21-15(12-26-20)10-19(23)22-17-11-16(24-2)8-9-18(17)25-3/h4-9,11-12H,10H2,1-3H3,(H,22,23).